The maximum absolute atomic E-state index is 12.4. The molecule has 5 nitrogen and oxygen atoms in total. The van der Waals surface area contributed by atoms with Crippen molar-refractivity contribution in [2.45, 2.75) is 10.4 Å². The molecule has 0 N–H and O–H groups in total. The van der Waals surface area contributed by atoms with Crippen LogP contribution in [0.5, 0.6) is 5.75 Å². The second-order valence-corrected chi connectivity index (χ2v) is 9.56. The number of sulfone groups is 1. The summed E-state index contributed by atoms with van der Waals surface area (Å²) in [6, 6.07) is 15.0. The minimum absolute atomic E-state index is 0.185. The van der Waals surface area contributed by atoms with E-state index in [-0.39, 0.29) is 4.90 Å². The monoisotopic (exact) mass is 430 g/mol. The molecule has 0 bridgehead atoms. The number of rotatable bonds is 4. The summed E-state index contributed by atoms with van der Waals surface area (Å²) in [6.07, 6.45) is 1.11. The van der Waals surface area contributed by atoms with Crippen LogP contribution in [0.25, 0.3) is 21.9 Å². The van der Waals surface area contributed by atoms with E-state index in [1.54, 1.807) is 30.3 Å². The minimum Gasteiger partial charge on any atom is -0.376 e. The molecule has 0 heterocycles. The van der Waals surface area contributed by atoms with Crippen molar-refractivity contribution in [1.82, 2.24) is 0 Å². The van der Waals surface area contributed by atoms with Crippen molar-refractivity contribution in [3.63, 3.8) is 0 Å². The van der Waals surface area contributed by atoms with Crippen LogP contribution in [0.1, 0.15) is 0 Å². The van der Waals surface area contributed by atoms with Crippen molar-refractivity contribution in [2.24, 2.45) is 0 Å². The Morgan fingerprint density at radius 1 is 0.750 bits per heavy atom. The highest BCUT2D eigenvalue weighted by atomic mass is 32.2. The first-order valence-corrected chi connectivity index (χ1v) is 11.0. The van der Waals surface area contributed by atoms with E-state index >= 15 is 0 Å². The third kappa shape index (κ3) is 4.12. The Kier molecular flexibility index (Phi) is 4.88. The zero-order chi connectivity index (χ0) is 20.7. The number of hydrogen-bond acceptors (Lipinski definition) is 5. The van der Waals surface area contributed by atoms with Gasteiger partial charge in [-0.1, -0.05) is 30.3 Å². The highest BCUT2D eigenvalue weighted by molar-refractivity contribution is 7.90. The molecule has 3 aromatic carbocycles. The first kappa shape index (κ1) is 20.2. The van der Waals surface area contributed by atoms with E-state index in [9.17, 15) is 30.0 Å². The maximum Gasteiger partial charge on any atom is 0.534 e. The van der Waals surface area contributed by atoms with E-state index in [0.29, 0.717) is 10.8 Å². The summed E-state index contributed by atoms with van der Waals surface area (Å²) in [5.74, 6) is -0.449. The van der Waals surface area contributed by atoms with Crippen LogP contribution >= 0.6 is 0 Å². The van der Waals surface area contributed by atoms with Crippen molar-refractivity contribution in [1.29, 1.82) is 0 Å². The fourth-order valence-electron chi connectivity index (χ4n) is 2.52. The van der Waals surface area contributed by atoms with Gasteiger partial charge in [0.05, 0.1) is 4.90 Å². The summed E-state index contributed by atoms with van der Waals surface area (Å²) >= 11 is 0. The first-order chi connectivity index (χ1) is 12.9. The molecule has 148 valence electrons. The Balaban J connectivity index is 1.93. The number of fused-ring (bicyclic) bond motifs is 1. The molecule has 3 rings (SSSR count). The van der Waals surface area contributed by atoms with Gasteiger partial charge in [0.2, 0.25) is 0 Å². The van der Waals surface area contributed by atoms with E-state index in [4.69, 9.17) is 0 Å². The molecule has 0 fully saturated rings. The maximum atomic E-state index is 12.4. The zero-order valence-corrected chi connectivity index (χ0v) is 15.9. The van der Waals surface area contributed by atoms with Gasteiger partial charge in [0, 0.05) is 6.26 Å². The van der Waals surface area contributed by atoms with Crippen LogP contribution in [0.4, 0.5) is 13.2 Å². The lowest BCUT2D eigenvalue weighted by Gasteiger charge is -2.10. The largest absolute Gasteiger partial charge is 0.534 e. The topological polar surface area (TPSA) is 77.5 Å². The van der Waals surface area contributed by atoms with Gasteiger partial charge in [0.1, 0.15) is 5.75 Å². The fraction of sp³-hybridized carbons (Fsp3) is 0.111. The van der Waals surface area contributed by atoms with E-state index in [0.717, 1.165) is 23.4 Å². The molecule has 28 heavy (non-hydrogen) atoms. The summed E-state index contributed by atoms with van der Waals surface area (Å²) in [5.41, 5.74) is -4.01. The molecule has 0 amide bonds. The lowest BCUT2D eigenvalue weighted by molar-refractivity contribution is -0.0500. The lowest BCUT2D eigenvalue weighted by atomic mass is 10.0. The highest BCUT2D eigenvalue weighted by Crippen LogP contribution is 2.31. The number of halogens is 3. The van der Waals surface area contributed by atoms with Crippen LogP contribution in [0.2, 0.25) is 0 Å². The smallest absolute Gasteiger partial charge is 0.376 e. The average Bonchev–Trinajstić information content (AvgIpc) is 2.59. The molecule has 0 aliphatic rings. The minimum atomic E-state index is -5.74. The molecule has 0 unspecified atom stereocenters. The lowest BCUT2D eigenvalue weighted by Crippen LogP contribution is -2.28. The quantitative estimate of drug-likeness (QED) is 0.459. The summed E-state index contributed by atoms with van der Waals surface area (Å²) in [5, 5.41) is 1.12. The van der Waals surface area contributed by atoms with Gasteiger partial charge in [-0.05, 0) is 52.2 Å². The van der Waals surface area contributed by atoms with Gasteiger partial charge < -0.3 is 4.18 Å². The molecular weight excluding hydrogens is 417 g/mol. The predicted octanol–water partition coefficient (Wildman–Crippen LogP) is 4.14. The Bertz CT molecular complexity index is 1250. The van der Waals surface area contributed by atoms with E-state index < -0.39 is 31.2 Å². The number of alkyl halides is 3. The van der Waals surface area contributed by atoms with Gasteiger partial charge in [0.25, 0.3) is 0 Å². The van der Waals surface area contributed by atoms with Crippen molar-refractivity contribution in [2.75, 3.05) is 6.26 Å². The Morgan fingerprint density at radius 3 is 1.86 bits per heavy atom. The Labute approximate surface area is 159 Å². The number of benzene rings is 3. The zero-order valence-electron chi connectivity index (χ0n) is 14.3. The first-order valence-electron chi connectivity index (χ1n) is 7.72. The summed E-state index contributed by atoms with van der Waals surface area (Å²) in [6.45, 7) is 0. The fourth-order valence-corrected chi connectivity index (χ4v) is 3.61. The normalized spacial score (nSPS) is 12.9. The van der Waals surface area contributed by atoms with Crippen molar-refractivity contribution >= 4 is 30.7 Å². The molecule has 3 aromatic rings. The molecular formula is C18H13F3O5S2. The average molecular weight is 430 g/mol. The molecule has 0 saturated heterocycles. The van der Waals surface area contributed by atoms with Gasteiger partial charge in [-0.2, -0.15) is 21.6 Å². The molecule has 10 heteroatoms. The van der Waals surface area contributed by atoms with Gasteiger partial charge in [-0.25, -0.2) is 8.42 Å². The third-order valence-corrected chi connectivity index (χ3v) is 6.02. The molecule has 0 aliphatic heterocycles. The van der Waals surface area contributed by atoms with Crippen LogP contribution in [0, 0.1) is 0 Å². The van der Waals surface area contributed by atoms with Gasteiger partial charge in [-0.15, -0.1) is 0 Å². The summed E-state index contributed by atoms with van der Waals surface area (Å²) < 4.78 is 86.7. The Morgan fingerprint density at radius 2 is 1.29 bits per heavy atom. The molecule has 0 atom stereocenters. The van der Waals surface area contributed by atoms with Gasteiger partial charge in [-0.3, -0.25) is 0 Å². The molecule has 0 aliphatic carbocycles. The summed E-state index contributed by atoms with van der Waals surface area (Å²) in [4.78, 5) is 0.185. The Hall–Kier alpha value is -2.59. The van der Waals surface area contributed by atoms with E-state index in [1.807, 2.05) is 0 Å². The molecule has 0 radical (unpaired) electrons. The van der Waals surface area contributed by atoms with Crippen LogP contribution < -0.4 is 4.18 Å². The summed E-state index contributed by atoms with van der Waals surface area (Å²) in [7, 11) is -9.05. The third-order valence-electron chi connectivity index (χ3n) is 3.92. The van der Waals surface area contributed by atoms with Crippen LogP contribution in [0.15, 0.2) is 65.6 Å². The van der Waals surface area contributed by atoms with E-state index in [2.05, 4.69) is 4.18 Å². The van der Waals surface area contributed by atoms with Crippen molar-refractivity contribution in [3.8, 4) is 16.9 Å². The van der Waals surface area contributed by atoms with Gasteiger partial charge >= 0.3 is 15.6 Å². The standard InChI is InChI=1S/C18H13F3O5S2/c1-27(22,23)17-8-5-12(6-9-17)13-2-3-15-11-16(7-4-14(15)10-13)26-28(24,25)18(19,20)21/h2-11H,1H3. The van der Waals surface area contributed by atoms with E-state index in [1.165, 1.54) is 24.3 Å². The van der Waals surface area contributed by atoms with Crippen LogP contribution in [0.3, 0.4) is 0 Å². The molecule has 0 saturated carbocycles. The van der Waals surface area contributed by atoms with Crippen LogP contribution in [-0.2, 0) is 20.0 Å². The second-order valence-electron chi connectivity index (χ2n) is 6.00. The van der Waals surface area contributed by atoms with Crippen molar-refractivity contribution < 1.29 is 34.2 Å². The predicted molar refractivity (Wildman–Crippen MR) is 98.1 cm³/mol. The van der Waals surface area contributed by atoms with Gasteiger partial charge in [0.15, 0.2) is 9.84 Å². The molecule has 0 aromatic heterocycles. The van der Waals surface area contributed by atoms with Crippen LogP contribution in [-0.4, -0.2) is 28.6 Å². The highest BCUT2D eigenvalue weighted by Gasteiger charge is 2.48. The SMILES string of the molecule is CS(=O)(=O)c1ccc(-c2ccc3cc(OS(=O)(=O)C(F)(F)F)ccc3c2)cc1. The molecule has 0 spiro atoms. The number of hydrogen-bond donors (Lipinski definition) is 0. The van der Waals surface area contributed by atoms with Crippen molar-refractivity contribution in [3.05, 3.63) is 60.7 Å². The second kappa shape index (κ2) is 6.78.